The van der Waals surface area contributed by atoms with Gasteiger partial charge in [-0.15, -0.1) is 0 Å². The number of sulfonamides is 1. The van der Waals surface area contributed by atoms with E-state index in [-0.39, 0.29) is 17.1 Å². The molecule has 0 spiro atoms. The van der Waals surface area contributed by atoms with Gasteiger partial charge in [0.25, 0.3) is 0 Å². The molecule has 0 aromatic heterocycles. The third-order valence-corrected chi connectivity index (χ3v) is 7.77. The summed E-state index contributed by atoms with van der Waals surface area (Å²) in [6.07, 6.45) is 10.0. The van der Waals surface area contributed by atoms with E-state index < -0.39 is 10.0 Å². The molecule has 1 amide bonds. The number of hydrogen-bond acceptors (Lipinski definition) is 3. The first-order valence-corrected chi connectivity index (χ1v) is 11.2. The fourth-order valence-electron chi connectivity index (χ4n) is 3.88. The molecule has 1 saturated carbocycles. The van der Waals surface area contributed by atoms with Crippen molar-refractivity contribution in [3.63, 3.8) is 0 Å². The second-order valence-electron chi connectivity index (χ2n) is 7.81. The van der Waals surface area contributed by atoms with Gasteiger partial charge in [-0.25, -0.2) is 12.7 Å². The number of carbonyl (C=O) groups is 1. The zero-order valence-corrected chi connectivity index (χ0v) is 16.1. The first-order valence-electron chi connectivity index (χ1n) is 9.65. The van der Waals surface area contributed by atoms with Crippen LogP contribution in [-0.2, 0) is 14.8 Å². The fourth-order valence-corrected chi connectivity index (χ4v) is 5.28. The topological polar surface area (TPSA) is 66.5 Å². The van der Waals surface area contributed by atoms with Crippen LogP contribution in [0.1, 0.15) is 71.6 Å². The van der Waals surface area contributed by atoms with E-state index in [1.807, 2.05) is 0 Å². The fraction of sp³-hybridized carbons (Fsp3) is 0.944. The van der Waals surface area contributed by atoms with Gasteiger partial charge in [-0.1, -0.05) is 32.1 Å². The number of amides is 1. The highest BCUT2D eigenvalue weighted by atomic mass is 32.2. The van der Waals surface area contributed by atoms with Gasteiger partial charge in [-0.05, 0) is 44.9 Å². The molecule has 1 atom stereocenters. The van der Waals surface area contributed by atoms with Crippen LogP contribution in [-0.4, -0.2) is 43.5 Å². The molecule has 0 aromatic rings. The second-order valence-corrected chi connectivity index (χ2v) is 10.3. The Labute approximate surface area is 147 Å². The van der Waals surface area contributed by atoms with E-state index in [0.29, 0.717) is 26.1 Å². The van der Waals surface area contributed by atoms with E-state index in [2.05, 4.69) is 5.32 Å². The summed E-state index contributed by atoms with van der Waals surface area (Å²) in [6, 6.07) is 0. The van der Waals surface area contributed by atoms with Crippen LogP contribution in [0.4, 0.5) is 0 Å². The Morgan fingerprint density at radius 3 is 2.42 bits per heavy atom. The largest absolute Gasteiger partial charge is 0.356 e. The van der Waals surface area contributed by atoms with Crippen molar-refractivity contribution < 1.29 is 13.2 Å². The van der Waals surface area contributed by atoms with Crippen LogP contribution in [0.3, 0.4) is 0 Å². The number of nitrogens with one attached hydrogen (secondary N) is 1. The highest BCUT2D eigenvalue weighted by Crippen LogP contribution is 2.27. The molecular weight excluding hydrogens is 324 g/mol. The maximum atomic E-state index is 12.3. The van der Waals surface area contributed by atoms with Crippen LogP contribution < -0.4 is 5.32 Å². The Hall–Kier alpha value is -0.620. The summed E-state index contributed by atoms with van der Waals surface area (Å²) < 4.78 is 26.2. The summed E-state index contributed by atoms with van der Waals surface area (Å²) in [5.41, 5.74) is 0. The molecule has 0 radical (unpaired) electrons. The molecule has 1 heterocycles. The van der Waals surface area contributed by atoms with Crippen molar-refractivity contribution in [3.8, 4) is 0 Å². The summed E-state index contributed by atoms with van der Waals surface area (Å²) in [6.45, 7) is 5.22. The molecule has 24 heavy (non-hydrogen) atoms. The SMILES string of the molecule is CC(C)S(=O)(=O)N1CCCC(CNC(=O)CCC2CCCCC2)C1. The van der Waals surface area contributed by atoms with Crippen molar-refractivity contribution in [1.29, 1.82) is 0 Å². The molecule has 0 bridgehead atoms. The highest BCUT2D eigenvalue weighted by molar-refractivity contribution is 7.89. The summed E-state index contributed by atoms with van der Waals surface area (Å²) in [5.74, 6) is 1.10. The van der Waals surface area contributed by atoms with Gasteiger partial charge in [0.15, 0.2) is 0 Å². The van der Waals surface area contributed by atoms with Crippen LogP contribution in [0.5, 0.6) is 0 Å². The zero-order valence-electron chi connectivity index (χ0n) is 15.3. The van der Waals surface area contributed by atoms with Crippen molar-refractivity contribution in [2.45, 2.75) is 76.9 Å². The molecule has 1 saturated heterocycles. The zero-order chi connectivity index (χ0) is 17.6. The average molecular weight is 359 g/mol. The summed E-state index contributed by atoms with van der Waals surface area (Å²) >= 11 is 0. The van der Waals surface area contributed by atoms with Crippen LogP contribution in [0.15, 0.2) is 0 Å². The molecule has 1 N–H and O–H groups in total. The number of hydrogen-bond donors (Lipinski definition) is 1. The van der Waals surface area contributed by atoms with E-state index in [9.17, 15) is 13.2 Å². The maximum absolute atomic E-state index is 12.3. The number of nitrogens with zero attached hydrogens (tertiary/aromatic N) is 1. The van der Waals surface area contributed by atoms with Crippen molar-refractivity contribution in [2.75, 3.05) is 19.6 Å². The van der Waals surface area contributed by atoms with Gasteiger partial charge in [0, 0.05) is 26.1 Å². The van der Waals surface area contributed by atoms with Gasteiger partial charge >= 0.3 is 0 Å². The van der Waals surface area contributed by atoms with Crippen LogP contribution >= 0.6 is 0 Å². The van der Waals surface area contributed by atoms with E-state index in [1.165, 1.54) is 32.1 Å². The van der Waals surface area contributed by atoms with Gasteiger partial charge in [-0.3, -0.25) is 4.79 Å². The molecule has 140 valence electrons. The minimum Gasteiger partial charge on any atom is -0.356 e. The Bertz CT molecular complexity index is 498. The van der Waals surface area contributed by atoms with Crippen molar-refractivity contribution in [3.05, 3.63) is 0 Å². The highest BCUT2D eigenvalue weighted by Gasteiger charge is 2.31. The lowest BCUT2D eigenvalue weighted by Gasteiger charge is -2.33. The lowest BCUT2D eigenvalue weighted by molar-refractivity contribution is -0.121. The van der Waals surface area contributed by atoms with Gasteiger partial charge < -0.3 is 5.32 Å². The maximum Gasteiger partial charge on any atom is 0.220 e. The summed E-state index contributed by atoms with van der Waals surface area (Å²) in [4.78, 5) is 12.1. The molecule has 6 heteroatoms. The Morgan fingerprint density at radius 1 is 1.08 bits per heavy atom. The quantitative estimate of drug-likeness (QED) is 0.761. The smallest absolute Gasteiger partial charge is 0.220 e. The van der Waals surface area contributed by atoms with E-state index in [1.54, 1.807) is 18.2 Å². The molecule has 1 aliphatic carbocycles. The number of carbonyl (C=O) groups excluding carboxylic acids is 1. The average Bonchev–Trinajstić information content (AvgIpc) is 2.59. The predicted molar refractivity (Wildman–Crippen MR) is 97.2 cm³/mol. The lowest BCUT2D eigenvalue weighted by atomic mass is 9.86. The first-order chi connectivity index (χ1) is 11.4. The van der Waals surface area contributed by atoms with Gasteiger partial charge in [0.1, 0.15) is 0 Å². The Balaban J connectivity index is 1.70. The minimum absolute atomic E-state index is 0.129. The van der Waals surface area contributed by atoms with Crippen molar-refractivity contribution in [2.24, 2.45) is 11.8 Å². The third kappa shape index (κ3) is 5.73. The van der Waals surface area contributed by atoms with E-state index >= 15 is 0 Å². The van der Waals surface area contributed by atoms with Crippen molar-refractivity contribution >= 4 is 15.9 Å². The lowest BCUT2D eigenvalue weighted by Crippen LogP contribution is -2.45. The number of piperidine rings is 1. The summed E-state index contributed by atoms with van der Waals surface area (Å²) in [7, 11) is -3.18. The van der Waals surface area contributed by atoms with Gasteiger partial charge in [-0.2, -0.15) is 0 Å². The minimum atomic E-state index is -3.18. The van der Waals surface area contributed by atoms with E-state index in [4.69, 9.17) is 0 Å². The normalized spacial score (nSPS) is 24.2. The van der Waals surface area contributed by atoms with Gasteiger partial charge in [0.2, 0.25) is 15.9 Å². The van der Waals surface area contributed by atoms with Crippen LogP contribution in [0.2, 0.25) is 0 Å². The third-order valence-electron chi connectivity index (χ3n) is 5.53. The molecule has 1 aliphatic heterocycles. The molecule has 2 rings (SSSR count). The molecular formula is C18H34N2O3S. The number of rotatable bonds is 7. The first kappa shape index (κ1) is 19.7. The van der Waals surface area contributed by atoms with Crippen LogP contribution in [0, 0.1) is 11.8 Å². The standard InChI is InChI=1S/C18H34N2O3S/c1-15(2)24(22,23)20-12-6-9-17(14-20)13-19-18(21)11-10-16-7-4-3-5-8-16/h15-17H,3-14H2,1-2H3,(H,19,21). The molecule has 2 aliphatic rings. The Morgan fingerprint density at radius 2 is 1.75 bits per heavy atom. The Kier molecular flexibility index (Phi) is 7.54. The molecule has 5 nitrogen and oxygen atoms in total. The van der Waals surface area contributed by atoms with Crippen LogP contribution in [0.25, 0.3) is 0 Å². The molecule has 2 fully saturated rings. The van der Waals surface area contributed by atoms with Crippen molar-refractivity contribution in [1.82, 2.24) is 9.62 Å². The predicted octanol–water partition coefficient (Wildman–Crippen LogP) is 2.91. The molecule has 0 aromatic carbocycles. The monoisotopic (exact) mass is 358 g/mol. The second kappa shape index (κ2) is 9.18. The van der Waals surface area contributed by atoms with Gasteiger partial charge in [0.05, 0.1) is 5.25 Å². The molecule has 1 unspecified atom stereocenters. The van der Waals surface area contributed by atoms with E-state index in [0.717, 1.165) is 25.2 Å². The summed E-state index contributed by atoms with van der Waals surface area (Å²) in [5, 5.41) is 2.66.